The molecule has 0 aliphatic rings. The molecular weight excluding hydrogens is 399 g/mol. The SMILES string of the molecule is Cc1nn2c(CNS(=O)(=O)c3ccc(F)c(C)c3)c(-c3ccccc3)nc2s1. The molecular formula is C19H17FN4O2S2. The third-order valence-electron chi connectivity index (χ3n) is 4.31. The van der Waals surface area contributed by atoms with E-state index in [1.54, 1.807) is 4.52 Å². The van der Waals surface area contributed by atoms with Gasteiger partial charge >= 0.3 is 0 Å². The fourth-order valence-electron chi connectivity index (χ4n) is 2.90. The minimum absolute atomic E-state index is 0.00727. The van der Waals surface area contributed by atoms with Crippen LogP contribution < -0.4 is 4.72 Å². The average Bonchev–Trinajstić information content (AvgIpc) is 3.19. The number of imidazole rings is 1. The topological polar surface area (TPSA) is 76.4 Å². The van der Waals surface area contributed by atoms with Gasteiger partial charge in [0.05, 0.1) is 22.8 Å². The number of halogens is 1. The zero-order chi connectivity index (χ0) is 19.9. The lowest BCUT2D eigenvalue weighted by molar-refractivity contribution is 0.578. The molecule has 0 amide bonds. The number of benzene rings is 2. The van der Waals surface area contributed by atoms with Crippen LogP contribution in [0.1, 0.15) is 16.3 Å². The van der Waals surface area contributed by atoms with Crippen LogP contribution in [0.25, 0.3) is 16.2 Å². The van der Waals surface area contributed by atoms with E-state index in [-0.39, 0.29) is 17.0 Å². The first-order valence-electron chi connectivity index (χ1n) is 8.51. The van der Waals surface area contributed by atoms with E-state index in [9.17, 15) is 12.8 Å². The monoisotopic (exact) mass is 416 g/mol. The summed E-state index contributed by atoms with van der Waals surface area (Å²) >= 11 is 1.44. The average molecular weight is 417 g/mol. The molecule has 9 heteroatoms. The van der Waals surface area contributed by atoms with E-state index in [0.717, 1.165) is 16.6 Å². The normalized spacial score (nSPS) is 12.0. The fraction of sp³-hybridized carbons (Fsp3) is 0.158. The molecule has 2 aromatic carbocycles. The Balaban J connectivity index is 1.72. The van der Waals surface area contributed by atoms with Gasteiger partial charge in [0.1, 0.15) is 10.8 Å². The lowest BCUT2D eigenvalue weighted by Crippen LogP contribution is -2.24. The Morgan fingerprint density at radius 1 is 1.14 bits per heavy atom. The number of aryl methyl sites for hydroxylation is 2. The highest BCUT2D eigenvalue weighted by molar-refractivity contribution is 7.89. The van der Waals surface area contributed by atoms with Crippen molar-refractivity contribution in [2.24, 2.45) is 0 Å². The molecule has 2 aromatic heterocycles. The highest BCUT2D eigenvalue weighted by Gasteiger charge is 2.21. The van der Waals surface area contributed by atoms with E-state index in [1.165, 1.54) is 30.4 Å². The number of nitrogens with one attached hydrogen (secondary N) is 1. The van der Waals surface area contributed by atoms with Gasteiger partial charge in [-0.05, 0) is 37.6 Å². The maximum absolute atomic E-state index is 13.5. The molecule has 4 rings (SSSR count). The molecule has 0 saturated carbocycles. The number of hydrogen-bond acceptors (Lipinski definition) is 5. The standard InChI is InChI=1S/C19H17FN4O2S2/c1-12-10-15(8-9-16(12)20)28(25,26)21-11-17-18(14-6-4-3-5-7-14)22-19-24(17)23-13(2)27-19/h3-10,21H,11H2,1-2H3. The molecule has 6 nitrogen and oxygen atoms in total. The largest absolute Gasteiger partial charge is 0.240 e. The summed E-state index contributed by atoms with van der Waals surface area (Å²) in [6.07, 6.45) is 0. The smallest absolute Gasteiger partial charge is 0.217 e. The van der Waals surface area contributed by atoms with Gasteiger partial charge in [-0.1, -0.05) is 41.7 Å². The first-order chi connectivity index (χ1) is 13.3. The van der Waals surface area contributed by atoms with Crippen LogP contribution in [0.4, 0.5) is 4.39 Å². The summed E-state index contributed by atoms with van der Waals surface area (Å²) in [4.78, 5) is 5.35. The molecule has 0 aliphatic carbocycles. The molecule has 0 unspecified atom stereocenters. The summed E-state index contributed by atoms with van der Waals surface area (Å²) in [5.74, 6) is -0.444. The Kier molecular flexibility index (Phi) is 4.74. The maximum Gasteiger partial charge on any atom is 0.240 e. The van der Waals surface area contributed by atoms with Crippen molar-refractivity contribution < 1.29 is 12.8 Å². The van der Waals surface area contributed by atoms with Crippen molar-refractivity contribution in [1.82, 2.24) is 19.3 Å². The zero-order valence-electron chi connectivity index (χ0n) is 15.2. The Labute approximate surface area is 165 Å². The van der Waals surface area contributed by atoms with Crippen molar-refractivity contribution in [1.29, 1.82) is 0 Å². The van der Waals surface area contributed by atoms with Crippen LogP contribution in [0.15, 0.2) is 53.4 Å². The van der Waals surface area contributed by atoms with Crippen molar-refractivity contribution in [3.05, 3.63) is 70.6 Å². The minimum Gasteiger partial charge on any atom is -0.217 e. The van der Waals surface area contributed by atoms with Crippen LogP contribution in [0.2, 0.25) is 0 Å². The zero-order valence-corrected chi connectivity index (χ0v) is 16.8. The third-order valence-corrected chi connectivity index (χ3v) is 6.54. The second-order valence-corrected chi connectivity index (χ2v) is 9.25. The van der Waals surface area contributed by atoms with Gasteiger partial charge in [0, 0.05) is 5.56 Å². The minimum atomic E-state index is -3.82. The molecule has 144 valence electrons. The molecule has 28 heavy (non-hydrogen) atoms. The van der Waals surface area contributed by atoms with Gasteiger partial charge < -0.3 is 0 Å². The predicted molar refractivity (Wildman–Crippen MR) is 106 cm³/mol. The fourth-order valence-corrected chi connectivity index (χ4v) is 4.74. The van der Waals surface area contributed by atoms with E-state index < -0.39 is 15.8 Å². The highest BCUT2D eigenvalue weighted by atomic mass is 32.2. The molecule has 0 radical (unpaired) electrons. The maximum atomic E-state index is 13.5. The molecule has 0 fully saturated rings. The number of nitrogens with zero attached hydrogens (tertiary/aromatic N) is 3. The Morgan fingerprint density at radius 3 is 2.61 bits per heavy atom. The first-order valence-corrected chi connectivity index (χ1v) is 10.8. The summed E-state index contributed by atoms with van der Waals surface area (Å²) in [5.41, 5.74) is 2.48. The highest BCUT2D eigenvalue weighted by Crippen LogP contribution is 2.27. The molecule has 0 atom stereocenters. The van der Waals surface area contributed by atoms with Crippen molar-refractivity contribution >= 4 is 26.3 Å². The molecule has 0 saturated heterocycles. The van der Waals surface area contributed by atoms with Gasteiger partial charge in [0.2, 0.25) is 15.0 Å². The second-order valence-electron chi connectivity index (χ2n) is 6.32. The molecule has 0 spiro atoms. The van der Waals surface area contributed by atoms with Crippen molar-refractivity contribution in [2.45, 2.75) is 25.3 Å². The second kappa shape index (κ2) is 7.08. The number of aromatic nitrogens is 3. The predicted octanol–water partition coefficient (Wildman–Crippen LogP) is 3.69. The Morgan fingerprint density at radius 2 is 1.89 bits per heavy atom. The number of sulfonamides is 1. The molecule has 0 aliphatic heterocycles. The van der Waals surface area contributed by atoms with E-state index in [0.29, 0.717) is 16.3 Å². The van der Waals surface area contributed by atoms with Crippen LogP contribution in [0.3, 0.4) is 0 Å². The summed E-state index contributed by atoms with van der Waals surface area (Å²) in [6, 6.07) is 13.3. The number of fused-ring (bicyclic) bond motifs is 1. The molecule has 2 heterocycles. The van der Waals surface area contributed by atoms with Crippen LogP contribution in [-0.2, 0) is 16.6 Å². The number of rotatable bonds is 5. The van der Waals surface area contributed by atoms with E-state index in [4.69, 9.17) is 0 Å². The lowest BCUT2D eigenvalue weighted by Gasteiger charge is -2.09. The summed E-state index contributed by atoms with van der Waals surface area (Å²) < 4.78 is 43.1. The lowest BCUT2D eigenvalue weighted by atomic mass is 10.1. The van der Waals surface area contributed by atoms with Gasteiger partial charge in [-0.2, -0.15) is 5.10 Å². The summed E-state index contributed by atoms with van der Waals surface area (Å²) in [6.45, 7) is 3.41. The molecule has 0 bridgehead atoms. The Hall–Kier alpha value is -2.62. The van der Waals surface area contributed by atoms with Crippen LogP contribution >= 0.6 is 11.3 Å². The van der Waals surface area contributed by atoms with Crippen molar-refractivity contribution in [2.75, 3.05) is 0 Å². The molecule has 4 aromatic rings. The van der Waals surface area contributed by atoms with Crippen molar-refractivity contribution in [3.8, 4) is 11.3 Å². The van der Waals surface area contributed by atoms with E-state index in [1.807, 2.05) is 37.3 Å². The quantitative estimate of drug-likeness (QED) is 0.538. The van der Waals surface area contributed by atoms with Gasteiger partial charge in [0.25, 0.3) is 0 Å². The van der Waals surface area contributed by atoms with Gasteiger partial charge in [-0.3, -0.25) is 0 Å². The Bertz CT molecular complexity index is 1260. The third kappa shape index (κ3) is 3.44. The van der Waals surface area contributed by atoms with Gasteiger partial charge in [-0.15, -0.1) is 0 Å². The van der Waals surface area contributed by atoms with Crippen LogP contribution in [0, 0.1) is 19.7 Å². The molecule has 1 N–H and O–H groups in total. The van der Waals surface area contributed by atoms with E-state index >= 15 is 0 Å². The van der Waals surface area contributed by atoms with Crippen LogP contribution in [0.5, 0.6) is 0 Å². The van der Waals surface area contributed by atoms with Gasteiger partial charge in [0.15, 0.2) is 0 Å². The summed E-state index contributed by atoms with van der Waals surface area (Å²) in [5, 5.41) is 5.28. The first kappa shape index (κ1) is 18.7. The van der Waals surface area contributed by atoms with Crippen molar-refractivity contribution in [3.63, 3.8) is 0 Å². The van der Waals surface area contributed by atoms with Gasteiger partial charge in [-0.25, -0.2) is 27.0 Å². The van der Waals surface area contributed by atoms with E-state index in [2.05, 4.69) is 14.8 Å². The number of hydrogen-bond donors (Lipinski definition) is 1. The summed E-state index contributed by atoms with van der Waals surface area (Å²) in [7, 11) is -3.82. The van der Waals surface area contributed by atoms with Crippen LogP contribution in [-0.4, -0.2) is 23.0 Å².